The largest absolute Gasteiger partial charge is 0.396 e. The molecule has 2 rings (SSSR count). The molecule has 1 aliphatic carbocycles. The molecule has 82 valence electrons. The number of thioether (sulfide) groups is 1. The maximum absolute atomic E-state index is 13.6. The zero-order chi connectivity index (χ0) is 10.7. The second kappa shape index (κ2) is 4.99. The van der Waals surface area contributed by atoms with Gasteiger partial charge in [0.25, 0.3) is 0 Å². The molecule has 1 nitrogen and oxygen atoms in total. The molecule has 0 saturated heterocycles. The molecule has 0 unspecified atom stereocenters. The summed E-state index contributed by atoms with van der Waals surface area (Å²) in [5.41, 5.74) is 0.974. The Balaban J connectivity index is 2.00. The van der Waals surface area contributed by atoms with Crippen molar-refractivity contribution >= 4 is 11.8 Å². The van der Waals surface area contributed by atoms with E-state index < -0.39 is 0 Å². The molecule has 0 heterocycles. The molecule has 0 radical (unpaired) electrons. The molecule has 0 bridgehead atoms. The van der Waals surface area contributed by atoms with Gasteiger partial charge >= 0.3 is 0 Å². The van der Waals surface area contributed by atoms with Gasteiger partial charge in [-0.3, -0.25) is 0 Å². The van der Waals surface area contributed by atoms with Gasteiger partial charge in [-0.2, -0.15) is 0 Å². The van der Waals surface area contributed by atoms with Gasteiger partial charge in [0.2, 0.25) is 0 Å². The van der Waals surface area contributed by atoms with Gasteiger partial charge < -0.3 is 5.11 Å². The number of aryl methyl sites for hydroxylation is 1. The van der Waals surface area contributed by atoms with Crippen LogP contribution in [-0.4, -0.2) is 17.0 Å². The number of hydrogen-bond donors (Lipinski definition) is 1. The summed E-state index contributed by atoms with van der Waals surface area (Å²) in [6.45, 7) is 0.167. The van der Waals surface area contributed by atoms with E-state index in [-0.39, 0.29) is 12.4 Å². The second-order valence-corrected chi connectivity index (χ2v) is 5.25. The van der Waals surface area contributed by atoms with E-state index >= 15 is 0 Å². The molecule has 0 amide bonds. The van der Waals surface area contributed by atoms with Crippen LogP contribution in [0.25, 0.3) is 0 Å². The Morgan fingerprint density at radius 2 is 2.20 bits per heavy atom. The van der Waals surface area contributed by atoms with E-state index in [9.17, 15) is 4.39 Å². The fraction of sp³-hybridized carbons (Fsp3) is 0.500. The van der Waals surface area contributed by atoms with E-state index in [1.54, 1.807) is 17.8 Å². The van der Waals surface area contributed by atoms with Crippen molar-refractivity contribution in [3.05, 3.63) is 29.6 Å². The van der Waals surface area contributed by atoms with E-state index in [0.717, 1.165) is 16.9 Å². The molecule has 0 atom stereocenters. The monoisotopic (exact) mass is 226 g/mol. The summed E-state index contributed by atoms with van der Waals surface area (Å²) in [6, 6.07) is 5.43. The van der Waals surface area contributed by atoms with Gasteiger partial charge in [0.05, 0.1) is 0 Å². The summed E-state index contributed by atoms with van der Waals surface area (Å²) in [5, 5.41) is 9.32. The normalized spacial score (nSPS) is 15.6. The van der Waals surface area contributed by atoms with Crippen molar-refractivity contribution in [2.75, 3.05) is 6.61 Å². The lowest BCUT2D eigenvalue weighted by Crippen LogP contribution is -1.92. The van der Waals surface area contributed by atoms with Crippen molar-refractivity contribution in [3.8, 4) is 0 Å². The first-order valence-electron chi connectivity index (χ1n) is 5.35. The molecule has 1 N–H and O–H groups in total. The maximum Gasteiger partial charge on any atom is 0.137 e. The Labute approximate surface area is 93.7 Å². The summed E-state index contributed by atoms with van der Waals surface area (Å²) in [4.78, 5) is 0.769. The van der Waals surface area contributed by atoms with Gasteiger partial charge in [0.15, 0.2) is 0 Å². The molecule has 15 heavy (non-hydrogen) atoms. The van der Waals surface area contributed by atoms with Gasteiger partial charge in [-0.25, -0.2) is 4.39 Å². The zero-order valence-electron chi connectivity index (χ0n) is 8.58. The minimum Gasteiger partial charge on any atom is -0.396 e. The predicted octanol–water partition coefficient (Wildman–Crippen LogP) is 3.01. The van der Waals surface area contributed by atoms with Crippen molar-refractivity contribution < 1.29 is 9.50 Å². The Bertz CT molecular complexity index is 336. The third-order valence-corrected chi connectivity index (χ3v) is 3.83. The number of aliphatic hydroxyl groups excluding tert-OH is 1. The number of benzene rings is 1. The van der Waals surface area contributed by atoms with Crippen LogP contribution in [0.1, 0.15) is 24.8 Å². The first kappa shape index (κ1) is 11.0. The highest BCUT2D eigenvalue weighted by atomic mass is 32.2. The minimum absolute atomic E-state index is 0.109. The smallest absolute Gasteiger partial charge is 0.137 e. The Kier molecular flexibility index (Phi) is 3.65. The van der Waals surface area contributed by atoms with Crippen LogP contribution >= 0.6 is 11.8 Å². The zero-order valence-corrected chi connectivity index (χ0v) is 9.39. The lowest BCUT2D eigenvalue weighted by Gasteiger charge is -2.04. The van der Waals surface area contributed by atoms with Crippen LogP contribution in [0.5, 0.6) is 0 Å². The second-order valence-electron chi connectivity index (χ2n) is 3.91. The quantitative estimate of drug-likeness (QED) is 0.833. The van der Waals surface area contributed by atoms with Crippen LogP contribution in [0.4, 0.5) is 4.39 Å². The van der Waals surface area contributed by atoms with Crippen LogP contribution < -0.4 is 0 Å². The topological polar surface area (TPSA) is 20.2 Å². The van der Waals surface area contributed by atoms with Gasteiger partial charge in [0.1, 0.15) is 5.82 Å². The molecular formula is C12H15FOS. The third-order valence-electron chi connectivity index (χ3n) is 2.44. The number of hydrogen-bond acceptors (Lipinski definition) is 2. The first-order chi connectivity index (χ1) is 7.29. The highest BCUT2D eigenvalue weighted by Crippen LogP contribution is 2.40. The SMILES string of the molecule is OCCCc1ccc(SC2CC2)c(F)c1. The van der Waals surface area contributed by atoms with Crippen molar-refractivity contribution in [1.82, 2.24) is 0 Å². The van der Waals surface area contributed by atoms with E-state index in [1.807, 2.05) is 12.1 Å². The highest BCUT2D eigenvalue weighted by Gasteiger charge is 2.23. The van der Waals surface area contributed by atoms with Crippen molar-refractivity contribution in [1.29, 1.82) is 0 Å². The highest BCUT2D eigenvalue weighted by molar-refractivity contribution is 8.00. The van der Waals surface area contributed by atoms with Crippen LogP contribution in [0.3, 0.4) is 0 Å². The van der Waals surface area contributed by atoms with Gasteiger partial charge in [-0.1, -0.05) is 6.07 Å². The molecule has 0 spiro atoms. The van der Waals surface area contributed by atoms with Crippen molar-refractivity contribution in [2.45, 2.75) is 35.8 Å². The third kappa shape index (κ3) is 3.21. The standard InChI is InChI=1S/C12H15FOS/c13-11-8-9(2-1-7-14)3-6-12(11)15-10-4-5-10/h3,6,8,10,14H,1-2,4-5,7H2. The number of halogens is 1. The minimum atomic E-state index is -0.109. The van der Waals surface area contributed by atoms with E-state index in [4.69, 9.17) is 5.11 Å². The van der Waals surface area contributed by atoms with Gasteiger partial charge in [-0.05, 0) is 43.4 Å². The van der Waals surface area contributed by atoms with Crippen molar-refractivity contribution in [3.63, 3.8) is 0 Å². The van der Waals surface area contributed by atoms with E-state index in [2.05, 4.69) is 0 Å². The van der Waals surface area contributed by atoms with Gasteiger partial charge in [0, 0.05) is 16.8 Å². The molecule has 3 heteroatoms. The fourth-order valence-electron chi connectivity index (χ4n) is 1.44. The molecular weight excluding hydrogens is 211 g/mol. The van der Waals surface area contributed by atoms with Crippen LogP contribution in [0, 0.1) is 5.82 Å². The summed E-state index contributed by atoms with van der Waals surface area (Å²) >= 11 is 1.64. The summed E-state index contributed by atoms with van der Waals surface area (Å²) < 4.78 is 13.6. The molecule has 1 saturated carbocycles. The number of rotatable bonds is 5. The summed E-state index contributed by atoms with van der Waals surface area (Å²) in [5.74, 6) is -0.109. The maximum atomic E-state index is 13.6. The Morgan fingerprint density at radius 1 is 1.40 bits per heavy atom. The molecule has 0 aliphatic heterocycles. The van der Waals surface area contributed by atoms with Crippen LogP contribution in [0.15, 0.2) is 23.1 Å². The van der Waals surface area contributed by atoms with Crippen LogP contribution in [-0.2, 0) is 6.42 Å². The fourth-order valence-corrected chi connectivity index (χ4v) is 2.49. The number of aliphatic hydroxyl groups is 1. The first-order valence-corrected chi connectivity index (χ1v) is 6.23. The van der Waals surface area contributed by atoms with Crippen LogP contribution in [0.2, 0.25) is 0 Å². The average Bonchev–Trinajstić information content (AvgIpc) is 3.02. The van der Waals surface area contributed by atoms with Crippen molar-refractivity contribution in [2.24, 2.45) is 0 Å². The Morgan fingerprint density at radius 3 is 2.80 bits per heavy atom. The molecule has 0 aromatic heterocycles. The van der Waals surface area contributed by atoms with E-state index in [1.165, 1.54) is 12.8 Å². The summed E-state index contributed by atoms with van der Waals surface area (Å²) in [6.07, 6.45) is 3.89. The Hall–Kier alpha value is -0.540. The lowest BCUT2D eigenvalue weighted by atomic mass is 10.1. The molecule has 1 aromatic rings. The molecule has 1 aromatic carbocycles. The molecule has 1 fully saturated rings. The average molecular weight is 226 g/mol. The predicted molar refractivity (Wildman–Crippen MR) is 60.7 cm³/mol. The lowest BCUT2D eigenvalue weighted by molar-refractivity contribution is 0.288. The summed E-state index contributed by atoms with van der Waals surface area (Å²) in [7, 11) is 0. The molecule has 1 aliphatic rings. The van der Waals surface area contributed by atoms with E-state index in [0.29, 0.717) is 11.7 Å². The van der Waals surface area contributed by atoms with Gasteiger partial charge in [-0.15, -0.1) is 11.8 Å².